The lowest BCUT2D eigenvalue weighted by Gasteiger charge is -2.38. The molecule has 176 valence electrons. The van der Waals surface area contributed by atoms with E-state index < -0.39 is 5.41 Å². The Bertz CT molecular complexity index is 1090. The largest absolute Gasteiger partial charge is 0.493 e. The van der Waals surface area contributed by atoms with Gasteiger partial charge in [-0.3, -0.25) is 4.79 Å². The van der Waals surface area contributed by atoms with Crippen molar-refractivity contribution >= 4 is 5.91 Å². The average Bonchev–Trinajstić information content (AvgIpc) is 3.54. The molecule has 2 N–H and O–H groups in total. The van der Waals surface area contributed by atoms with E-state index in [2.05, 4.69) is 54.4 Å². The van der Waals surface area contributed by atoms with Crippen LogP contribution in [0.4, 0.5) is 0 Å². The summed E-state index contributed by atoms with van der Waals surface area (Å²) in [5.41, 5.74) is 10.1. The molecule has 0 aromatic heterocycles. The number of nitrogens with zero attached hydrogens (tertiary/aromatic N) is 1. The highest BCUT2D eigenvalue weighted by molar-refractivity contribution is 5.91. The Morgan fingerprint density at radius 3 is 2.32 bits per heavy atom. The van der Waals surface area contributed by atoms with E-state index in [-0.39, 0.29) is 11.8 Å². The minimum atomic E-state index is -0.807. The number of hydrogen-bond acceptors (Lipinski definition) is 3. The van der Waals surface area contributed by atoms with Crippen molar-refractivity contribution in [1.29, 1.82) is 0 Å². The van der Waals surface area contributed by atoms with Crippen molar-refractivity contribution in [2.75, 3.05) is 20.2 Å². The van der Waals surface area contributed by atoms with Crippen LogP contribution in [0.3, 0.4) is 0 Å². The lowest BCUT2D eigenvalue weighted by molar-refractivity contribution is -0.123. The summed E-state index contributed by atoms with van der Waals surface area (Å²) < 4.78 is 5.65. The smallest absolute Gasteiger partial charge is 0.232 e. The molecular weight excluding hydrogens is 420 g/mol. The molecular formula is C30H34N2O2. The van der Waals surface area contributed by atoms with Gasteiger partial charge in [-0.05, 0) is 67.0 Å². The van der Waals surface area contributed by atoms with Gasteiger partial charge in [0.1, 0.15) is 11.2 Å². The van der Waals surface area contributed by atoms with E-state index in [1.165, 1.54) is 11.1 Å². The molecule has 1 aliphatic heterocycles. The minimum absolute atomic E-state index is 0.166. The normalized spacial score (nSPS) is 19.7. The van der Waals surface area contributed by atoms with E-state index in [0.717, 1.165) is 62.1 Å². The number of carbonyl (C=O) groups is 1. The van der Waals surface area contributed by atoms with Crippen molar-refractivity contribution in [3.8, 4) is 5.75 Å². The Morgan fingerprint density at radius 2 is 1.68 bits per heavy atom. The molecule has 34 heavy (non-hydrogen) atoms. The summed E-state index contributed by atoms with van der Waals surface area (Å²) in [5, 5.41) is 0. The van der Waals surface area contributed by atoms with E-state index in [1.807, 2.05) is 36.4 Å². The third-order valence-electron chi connectivity index (χ3n) is 7.99. The molecule has 4 nitrogen and oxygen atoms in total. The highest BCUT2D eigenvalue weighted by atomic mass is 16.5. The topological polar surface area (TPSA) is 55.6 Å². The third-order valence-corrected chi connectivity index (χ3v) is 7.99. The number of amides is 1. The van der Waals surface area contributed by atoms with Crippen LogP contribution >= 0.6 is 0 Å². The first kappa shape index (κ1) is 22.7. The van der Waals surface area contributed by atoms with Crippen LogP contribution in [0.1, 0.15) is 41.5 Å². The van der Waals surface area contributed by atoms with Crippen LogP contribution in [0, 0.1) is 5.92 Å². The van der Waals surface area contributed by atoms with Gasteiger partial charge in [0.05, 0.1) is 6.61 Å². The number of fused-ring (bicyclic) bond motifs is 1. The lowest BCUT2D eigenvalue weighted by atomic mass is 9.64. The quantitative estimate of drug-likeness (QED) is 0.535. The van der Waals surface area contributed by atoms with Gasteiger partial charge in [0.15, 0.2) is 0 Å². The Balaban J connectivity index is 1.35. The van der Waals surface area contributed by atoms with E-state index in [0.29, 0.717) is 6.04 Å². The van der Waals surface area contributed by atoms with Crippen molar-refractivity contribution in [2.24, 2.45) is 11.7 Å². The van der Waals surface area contributed by atoms with Crippen LogP contribution in [0.5, 0.6) is 5.75 Å². The maximum atomic E-state index is 13.3. The zero-order chi connectivity index (χ0) is 23.5. The fourth-order valence-electron chi connectivity index (χ4n) is 6.16. The predicted octanol–water partition coefficient (Wildman–Crippen LogP) is 4.74. The number of likely N-dealkylation sites (N-methyl/N-ethyl adjacent to an activating group) is 1. The molecule has 1 saturated carbocycles. The summed E-state index contributed by atoms with van der Waals surface area (Å²) >= 11 is 0. The first-order valence-corrected chi connectivity index (χ1v) is 12.4. The molecule has 0 radical (unpaired) electrons. The molecule has 4 heteroatoms. The second-order valence-electron chi connectivity index (χ2n) is 9.84. The second-order valence-corrected chi connectivity index (χ2v) is 9.84. The predicted molar refractivity (Wildman–Crippen MR) is 136 cm³/mol. The monoisotopic (exact) mass is 454 g/mol. The van der Waals surface area contributed by atoms with Crippen molar-refractivity contribution in [3.63, 3.8) is 0 Å². The zero-order valence-electron chi connectivity index (χ0n) is 20.0. The fraction of sp³-hybridized carbons (Fsp3) is 0.367. The van der Waals surface area contributed by atoms with Crippen LogP contribution < -0.4 is 10.5 Å². The molecule has 3 aromatic rings. The summed E-state index contributed by atoms with van der Waals surface area (Å²) in [6.07, 6.45) is 5.05. The second kappa shape index (κ2) is 9.63. The Kier molecular flexibility index (Phi) is 6.42. The first-order valence-electron chi connectivity index (χ1n) is 12.4. The molecule has 0 spiro atoms. The van der Waals surface area contributed by atoms with Gasteiger partial charge in [0, 0.05) is 19.0 Å². The number of primary amides is 1. The van der Waals surface area contributed by atoms with E-state index in [9.17, 15) is 4.79 Å². The van der Waals surface area contributed by atoms with E-state index in [4.69, 9.17) is 10.5 Å². The van der Waals surface area contributed by atoms with E-state index >= 15 is 0 Å². The molecule has 0 bridgehead atoms. The van der Waals surface area contributed by atoms with Gasteiger partial charge >= 0.3 is 0 Å². The van der Waals surface area contributed by atoms with Crippen molar-refractivity contribution in [2.45, 2.75) is 43.6 Å². The molecule has 5 rings (SSSR count). The average molecular weight is 455 g/mol. The number of ether oxygens (including phenoxy) is 1. The maximum Gasteiger partial charge on any atom is 0.232 e. The number of hydrogen-bond donors (Lipinski definition) is 1. The van der Waals surface area contributed by atoms with Crippen LogP contribution in [0.15, 0.2) is 78.9 Å². The number of carbonyl (C=O) groups excluding carboxylic acids is 1. The summed E-state index contributed by atoms with van der Waals surface area (Å²) in [4.78, 5) is 15.8. The minimum Gasteiger partial charge on any atom is -0.493 e. The highest BCUT2D eigenvalue weighted by Gasteiger charge is 2.50. The molecule has 2 aliphatic rings. The molecule has 2 unspecified atom stereocenters. The molecule has 2 atom stereocenters. The van der Waals surface area contributed by atoms with Crippen molar-refractivity contribution < 1.29 is 9.53 Å². The Morgan fingerprint density at radius 1 is 1.00 bits per heavy atom. The van der Waals surface area contributed by atoms with Crippen LogP contribution in [0.25, 0.3) is 0 Å². The van der Waals surface area contributed by atoms with Gasteiger partial charge in [-0.15, -0.1) is 0 Å². The maximum absolute atomic E-state index is 13.3. The highest BCUT2D eigenvalue weighted by Crippen LogP contribution is 2.47. The summed E-state index contributed by atoms with van der Waals surface area (Å²) in [6.45, 7) is 1.80. The van der Waals surface area contributed by atoms with Gasteiger partial charge in [0.25, 0.3) is 0 Å². The lowest BCUT2D eigenvalue weighted by Crippen LogP contribution is -2.48. The molecule has 1 aliphatic carbocycles. The fourth-order valence-corrected chi connectivity index (χ4v) is 6.16. The van der Waals surface area contributed by atoms with Gasteiger partial charge in [-0.25, -0.2) is 0 Å². The third kappa shape index (κ3) is 4.12. The van der Waals surface area contributed by atoms with Gasteiger partial charge in [-0.1, -0.05) is 72.8 Å². The van der Waals surface area contributed by atoms with Gasteiger partial charge < -0.3 is 15.4 Å². The zero-order valence-corrected chi connectivity index (χ0v) is 20.0. The Labute approximate surface area is 202 Å². The summed E-state index contributed by atoms with van der Waals surface area (Å²) in [6, 6.07) is 27.3. The van der Waals surface area contributed by atoms with Crippen LogP contribution in [0.2, 0.25) is 0 Å². The van der Waals surface area contributed by atoms with Crippen LogP contribution in [-0.2, 0) is 23.1 Å². The molecule has 3 aromatic carbocycles. The molecule has 1 amide bonds. The molecule has 0 saturated heterocycles. The first-order chi connectivity index (χ1) is 16.6. The van der Waals surface area contributed by atoms with Gasteiger partial charge in [0.2, 0.25) is 5.91 Å². The summed E-state index contributed by atoms with van der Waals surface area (Å²) in [7, 11) is 2.22. The van der Waals surface area contributed by atoms with Crippen molar-refractivity contribution in [3.05, 3.63) is 101 Å². The number of rotatable bonds is 8. The standard InChI is InChI=1S/C30H34N2O2/c1-32(18-16-22-12-15-28-23(20-22)17-19-34-28)27-14-13-26(21-27)30(29(31)33,24-8-4-2-5-9-24)25-10-6-3-7-11-25/h2-12,15,20,26-27H,13-14,16-19,21H2,1H3,(H2,31,33). The van der Waals surface area contributed by atoms with Crippen LogP contribution in [-0.4, -0.2) is 37.0 Å². The van der Waals surface area contributed by atoms with Crippen molar-refractivity contribution in [1.82, 2.24) is 4.90 Å². The Hall–Kier alpha value is -3.11. The van der Waals surface area contributed by atoms with Gasteiger partial charge in [-0.2, -0.15) is 0 Å². The number of benzene rings is 3. The molecule has 1 fully saturated rings. The SMILES string of the molecule is CN(CCc1ccc2c(c1)CCO2)C1CCC(C(C(N)=O)(c2ccccc2)c2ccccc2)C1. The molecule has 1 heterocycles. The summed E-state index contributed by atoms with van der Waals surface area (Å²) in [5.74, 6) is 0.957. The number of nitrogens with two attached hydrogens (primary N) is 1. The van der Waals surface area contributed by atoms with E-state index in [1.54, 1.807) is 0 Å².